The van der Waals surface area contributed by atoms with E-state index in [4.69, 9.17) is 0 Å². The molecule has 6 nitrogen and oxygen atoms in total. The Morgan fingerprint density at radius 3 is 2.00 bits per heavy atom. The molecule has 0 fully saturated rings. The Morgan fingerprint density at radius 2 is 1.46 bits per heavy atom. The number of fused-ring (bicyclic) bond motifs is 1. The summed E-state index contributed by atoms with van der Waals surface area (Å²) in [6.07, 6.45) is 0. The minimum atomic E-state index is -3.68. The van der Waals surface area contributed by atoms with Gasteiger partial charge in [-0.3, -0.25) is 18.8 Å². The van der Waals surface area contributed by atoms with Gasteiger partial charge in [-0.05, 0) is 37.6 Å². The van der Waals surface area contributed by atoms with Crippen LogP contribution >= 0.6 is 0 Å². The summed E-state index contributed by atoms with van der Waals surface area (Å²) in [7, 11) is -3.68. The molecule has 0 saturated heterocycles. The van der Waals surface area contributed by atoms with Crippen molar-refractivity contribution in [2.24, 2.45) is 0 Å². The number of sulfonamides is 1. The van der Waals surface area contributed by atoms with Gasteiger partial charge in [0.2, 0.25) is 10.0 Å². The van der Waals surface area contributed by atoms with Gasteiger partial charge < -0.3 is 0 Å². The third-order valence-electron chi connectivity index (χ3n) is 4.46. The highest BCUT2D eigenvalue weighted by atomic mass is 32.2. The summed E-state index contributed by atoms with van der Waals surface area (Å²) in [5, 5.41) is 0. The highest BCUT2D eigenvalue weighted by molar-refractivity contribution is 7.92. The van der Waals surface area contributed by atoms with Crippen molar-refractivity contribution in [2.75, 3.05) is 23.1 Å². The largest absolute Gasteiger partial charge is 0.273 e. The van der Waals surface area contributed by atoms with Gasteiger partial charge in [0.05, 0.1) is 22.6 Å². The molecule has 7 heteroatoms. The van der Waals surface area contributed by atoms with Crippen LogP contribution in [0.1, 0.15) is 33.2 Å². The van der Waals surface area contributed by atoms with E-state index >= 15 is 0 Å². The van der Waals surface area contributed by atoms with Crippen molar-refractivity contribution in [1.82, 2.24) is 4.90 Å². The van der Waals surface area contributed by atoms with Crippen LogP contribution in [0.3, 0.4) is 0 Å². The molecule has 26 heavy (non-hydrogen) atoms. The molecule has 0 bridgehead atoms. The lowest BCUT2D eigenvalue weighted by molar-refractivity contribution is 0.0664. The number of hydrogen-bond donors (Lipinski definition) is 0. The van der Waals surface area contributed by atoms with Crippen LogP contribution in [0.4, 0.5) is 5.69 Å². The number of benzene rings is 2. The molecule has 3 rings (SSSR count). The summed E-state index contributed by atoms with van der Waals surface area (Å²) in [6.45, 7) is 3.70. The lowest BCUT2D eigenvalue weighted by Crippen LogP contribution is -2.40. The molecule has 0 spiro atoms. The quantitative estimate of drug-likeness (QED) is 0.730. The van der Waals surface area contributed by atoms with Crippen molar-refractivity contribution >= 4 is 27.5 Å². The molecule has 136 valence electrons. The van der Waals surface area contributed by atoms with E-state index < -0.39 is 21.8 Å². The van der Waals surface area contributed by atoms with Crippen molar-refractivity contribution in [2.45, 2.75) is 13.8 Å². The summed E-state index contributed by atoms with van der Waals surface area (Å²) in [5.74, 6) is -1.21. The second-order valence-electron chi connectivity index (χ2n) is 6.07. The summed E-state index contributed by atoms with van der Waals surface area (Å²) in [5.41, 5.74) is 2.10. The summed E-state index contributed by atoms with van der Waals surface area (Å²) in [4.78, 5) is 25.8. The predicted molar refractivity (Wildman–Crippen MR) is 99.8 cm³/mol. The Hall–Kier alpha value is -2.67. The predicted octanol–water partition coefficient (Wildman–Crippen LogP) is 2.45. The number of amides is 2. The third-order valence-corrected chi connectivity index (χ3v) is 6.28. The first-order valence-electron chi connectivity index (χ1n) is 8.38. The molecule has 0 N–H and O–H groups in total. The highest BCUT2D eigenvalue weighted by Crippen LogP contribution is 2.25. The zero-order chi connectivity index (χ0) is 18.9. The van der Waals surface area contributed by atoms with E-state index in [0.717, 1.165) is 10.5 Å². The van der Waals surface area contributed by atoms with Crippen LogP contribution in [0.2, 0.25) is 0 Å². The Balaban J connectivity index is 1.80. The molecule has 2 amide bonds. The lowest BCUT2D eigenvalue weighted by atomic mass is 10.1. The van der Waals surface area contributed by atoms with Crippen molar-refractivity contribution in [3.05, 3.63) is 65.2 Å². The van der Waals surface area contributed by atoms with Crippen LogP contribution < -0.4 is 4.31 Å². The normalized spacial score (nSPS) is 13.8. The zero-order valence-corrected chi connectivity index (χ0v) is 15.5. The zero-order valence-electron chi connectivity index (χ0n) is 14.7. The average molecular weight is 372 g/mol. The maximum Gasteiger partial charge on any atom is 0.261 e. The van der Waals surface area contributed by atoms with E-state index in [2.05, 4.69) is 0 Å². The van der Waals surface area contributed by atoms with Crippen LogP contribution in [-0.2, 0) is 10.0 Å². The number of aryl methyl sites for hydroxylation is 1. The molecule has 1 aliphatic rings. The van der Waals surface area contributed by atoms with Crippen molar-refractivity contribution in [3.63, 3.8) is 0 Å². The van der Waals surface area contributed by atoms with E-state index in [-0.39, 0.29) is 18.8 Å². The maximum absolute atomic E-state index is 12.8. The Labute approximate surface area is 153 Å². The number of carbonyl (C=O) groups is 2. The second kappa shape index (κ2) is 6.92. The topological polar surface area (TPSA) is 74.8 Å². The van der Waals surface area contributed by atoms with Gasteiger partial charge in [0.1, 0.15) is 0 Å². The smallest absolute Gasteiger partial charge is 0.261 e. The van der Waals surface area contributed by atoms with Crippen LogP contribution in [0.25, 0.3) is 0 Å². The van der Waals surface area contributed by atoms with E-state index in [1.54, 1.807) is 43.3 Å². The molecule has 0 aromatic heterocycles. The van der Waals surface area contributed by atoms with Gasteiger partial charge in [-0.15, -0.1) is 0 Å². The van der Waals surface area contributed by atoms with E-state index in [1.807, 2.05) is 19.1 Å². The number of para-hydroxylation sites is 1. The second-order valence-corrected chi connectivity index (χ2v) is 8.09. The molecule has 0 atom stereocenters. The number of anilines is 1. The van der Waals surface area contributed by atoms with Gasteiger partial charge in [-0.25, -0.2) is 8.42 Å². The van der Waals surface area contributed by atoms with E-state index in [9.17, 15) is 18.0 Å². The first-order chi connectivity index (χ1) is 12.4. The van der Waals surface area contributed by atoms with Crippen LogP contribution in [-0.4, -0.2) is 44.0 Å². The first kappa shape index (κ1) is 18.1. The summed E-state index contributed by atoms with van der Waals surface area (Å²) >= 11 is 0. The molecule has 0 radical (unpaired) electrons. The van der Waals surface area contributed by atoms with Gasteiger partial charge in [0, 0.05) is 13.1 Å². The Kier molecular flexibility index (Phi) is 4.82. The monoisotopic (exact) mass is 372 g/mol. The minimum absolute atomic E-state index is 0.170. The molecule has 1 heterocycles. The summed E-state index contributed by atoms with van der Waals surface area (Å²) < 4.78 is 27.0. The van der Waals surface area contributed by atoms with Gasteiger partial charge in [-0.1, -0.05) is 30.3 Å². The molecule has 0 unspecified atom stereocenters. The standard InChI is InChI=1S/C19H20N2O4S/c1-3-21(17-11-7-4-8-14(17)2)26(24,25)13-12-20-18(22)15-9-5-6-10-16(15)19(20)23/h4-11H,3,12-13H2,1-2H3. The molecular formula is C19H20N2O4S. The number of hydrogen-bond acceptors (Lipinski definition) is 4. The third kappa shape index (κ3) is 3.10. The molecule has 2 aromatic carbocycles. The Morgan fingerprint density at radius 1 is 0.923 bits per heavy atom. The maximum atomic E-state index is 12.8. The van der Waals surface area contributed by atoms with E-state index in [1.165, 1.54) is 4.31 Å². The SMILES string of the molecule is CCN(c1ccccc1C)S(=O)(=O)CCN1C(=O)c2ccccc2C1=O. The molecule has 1 aliphatic heterocycles. The number of rotatable bonds is 6. The van der Waals surface area contributed by atoms with Gasteiger partial charge >= 0.3 is 0 Å². The van der Waals surface area contributed by atoms with Crippen molar-refractivity contribution in [3.8, 4) is 0 Å². The van der Waals surface area contributed by atoms with Crippen molar-refractivity contribution in [1.29, 1.82) is 0 Å². The van der Waals surface area contributed by atoms with Crippen molar-refractivity contribution < 1.29 is 18.0 Å². The number of carbonyl (C=O) groups excluding carboxylic acids is 2. The Bertz CT molecular complexity index is 934. The first-order valence-corrected chi connectivity index (χ1v) is 9.99. The average Bonchev–Trinajstić information content (AvgIpc) is 2.86. The van der Waals surface area contributed by atoms with Crippen LogP contribution in [0.15, 0.2) is 48.5 Å². The molecular weight excluding hydrogens is 352 g/mol. The number of imide groups is 1. The van der Waals surface area contributed by atoms with Gasteiger partial charge in [0.25, 0.3) is 11.8 Å². The van der Waals surface area contributed by atoms with Gasteiger partial charge in [-0.2, -0.15) is 0 Å². The molecule has 2 aromatic rings. The lowest BCUT2D eigenvalue weighted by Gasteiger charge is -2.25. The highest BCUT2D eigenvalue weighted by Gasteiger charge is 2.36. The molecule has 0 saturated carbocycles. The fraction of sp³-hybridized carbons (Fsp3) is 0.263. The minimum Gasteiger partial charge on any atom is -0.273 e. The summed E-state index contributed by atoms with van der Waals surface area (Å²) in [6, 6.07) is 13.7. The fourth-order valence-corrected chi connectivity index (χ4v) is 4.65. The fourth-order valence-electron chi connectivity index (χ4n) is 3.12. The van der Waals surface area contributed by atoms with Gasteiger partial charge in [0.15, 0.2) is 0 Å². The van der Waals surface area contributed by atoms with Crippen LogP contribution in [0, 0.1) is 6.92 Å². The van der Waals surface area contributed by atoms with E-state index in [0.29, 0.717) is 16.8 Å². The molecule has 0 aliphatic carbocycles. The van der Waals surface area contributed by atoms with Crippen LogP contribution in [0.5, 0.6) is 0 Å². The number of nitrogens with zero attached hydrogens (tertiary/aromatic N) is 2.